The van der Waals surface area contributed by atoms with Crippen molar-refractivity contribution in [2.45, 2.75) is 58.4 Å². The number of piperidine rings is 1. The lowest BCUT2D eigenvalue weighted by atomic mass is 9.94. The molecule has 1 aliphatic heterocycles. The first-order chi connectivity index (χ1) is 17.5. The Morgan fingerprint density at radius 1 is 1.17 bits per heavy atom. The largest absolute Gasteiger partial charge is 0.373 e. The van der Waals surface area contributed by atoms with E-state index in [-0.39, 0.29) is 12.4 Å². The van der Waals surface area contributed by atoms with E-state index in [0.29, 0.717) is 41.1 Å². The fourth-order valence-corrected chi connectivity index (χ4v) is 5.65. The number of carbonyl (C=O) groups is 1. The molecule has 3 aromatic rings. The number of rotatable bonds is 11. The molecule has 192 valence electrons. The predicted octanol–water partition coefficient (Wildman–Crippen LogP) is 6.32. The van der Waals surface area contributed by atoms with Crippen LogP contribution in [0.1, 0.15) is 65.6 Å². The summed E-state index contributed by atoms with van der Waals surface area (Å²) >= 11 is 3.50. The van der Waals surface area contributed by atoms with Crippen molar-refractivity contribution >= 4 is 32.7 Å². The Morgan fingerprint density at radius 2 is 1.97 bits per heavy atom. The highest BCUT2D eigenvalue weighted by molar-refractivity contribution is 9.10. The minimum absolute atomic E-state index is 0.0170. The number of ether oxygens (including phenoxy) is 1. The maximum atomic E-state index is 16.0. The zero-order chi connectivity index (χ0) is 25.1. The molecule has 0 radical (unpaired) electrons. The molecule has 0 spiro atoms. The molecule has 0 amide bonds. The molecule has 1 saturated carbocycles. The van der Waals surface area contributed by atoms with Gasteiger partial charge in [-0.05, 0) is 93.9 Å². The second-order valence-electron chi connectivity index (χ2n) is 10.4. The number of aryl methyl sites for hydroxylation is 2. The van der Waals surface area contributed by atoms with Crippen LogP contribution in [0.3, 0.4) is 0 Å². The molecule has 0 bridgehead atoms. The number of benzene rings is 2. The summed E-state index contributed by atoms with van der Waals surface area (Å²) in [5.41, 5.74) is 3.89. The lowest BCUT2D eigenvalue weighted by Crippen LogP contribution is -2.31. The summed E-state index contributed by atoms with van der Waals surface area (Å²) in [7, 11) is 0. The van der Waals surface area contributed by atoms with Crippen LogP contribution in [-0.2, 0) is 17.7 Å². The van der Waals surface area contributed by atoms with E-state index in [0.717, 1.165) is 48.2 Å². The first-order valence-electron chi connectivity index (χ1n) is 13.2. The Kier molecular flexibility index (Phi) is 8.18. The summed E-state index contributed by atoms with van der Waals surface area (Å²) < 4.78 is 24.7. The van der Waals surface area contributed by atoms with Gasteiger partial charge in [0.25, 0.3) is 0 Å². The average molecular weight is 557 g/mol. The molecule has 1 aliphatic carbocycles. The molecule has 2 aromatic carbocycles. The van der Waals surface area contributed by atoms with Crippen LogP contribution in [0.25, 0.3) is 11.0 Å². The molecule has 36 heavy (non-hydrogen) atoms. The van der Waals surface area contributed by atoms with Gasteiger partial charge in [-0.25, -0.2) is 9.37 Å². The maximum Gasteiger partial charge on any atom is 0.188 e. The quantitative estimate of drug-likeness (QED) is 0.259. The molecular formula is C29H35BrFN3O2. The minimum Gasteiger partial charge on any atom is -0.373 e. The molecule has 1 aromatic heterocycles. The lowest BCUT2D eigenvalue weighted by Gasteiger charge is -2.26. The third-order valence-corrected chi connectivity index (χ3v) is 8.03. The fourth-order valence-electron chi connectivity index (χ4n) is 5.17. The van der Waals surface area contributed by atoms with Crippen LogP contribution in [0.5, 0.6) is 0 Å². The summed E-state index contributed by atoms with van der Waals surface area (Å²) in [5.74, 6) is 0.0145. The number of Topliss-reactive ketones (excluding diaryl/α,β-unsaturated/α-hetero) is 1. The van der Waals surface area contributed by atoms with E-state index in [2.05, 4.69) is 25.8 Å². The van der Waals surface area contributed by atoms with E-state index in [4.69, 9.17) is 4.74 Å². The second kappa shape index (κ2) is 11.5. The molecular weight excluding hydrogens is 521 g/mol. The van der Waals surface area contributed by atoms with Gasteiger partial charge in [-0.15, -0.1) is 0 Å². The van der Waals surface area contributed by atoms with Gasteiger partial charge in [-0.3, -0.25) is 4.79 Å². The summed E-state index contributed by atoms with van der Waals surface area (Å²) in [5, 5.41) is 0. The molecule has 1 saturated heterocycles. The van der Waals surface area contributed by atoms with Crippen molar-refractivity contribution in [3.63, 3.8) is 0 Å². The van der Waals surface area contributed by atoms with Crippen LogP contribution in [0.2, 0.25) is 0 Å². The average Bonchev–Trinajstić information content (AvgIpc) is 3.61. The van der Waals surface area contributed by atoms with Crippen molar-refractivity contribution in [3.05, 3.63) is 63.1 Å². The van der Waals surface area contributed by atoms with Gasteiger partial charge < -0.3 is 14.2 Å². The van der Waals surface area contributed by atoms with Crippen molar-refractivity contribution in [1.29, 1.82) is 0 Å². The molecule has 0 unspecified atom stereocenters. The van der Waals surface area contributed by atoms with E-state index >= 15 is 4.39 Å². The number of hydrogen-bond acceptors (Lipinski definition) is 4. The smallest absolute Gasteiger partial charge is 0.188 e. The van der Waals surface area contributed by atoms with E-state index in [1.165, 1.54) is 32.1 Å². The van der Waals surface area contributed by atoms with Gasteiger partial charge in [0.1, 0.15) is 12.1 Å². The molecule has 2 heterocycles. The molecule has 2 fully saturated rings. The summed E-state index contributed by atoms with van der Waals surface area (Å²) in [6.45, 7) is 6.71. The molecule has 2 aliphatic rings. The molecule has 0 N–H and O–H groups in total. The Bertz CT molecular complexity index is 1230. The molecule has 5 rings (SSSR count). The SMILES string of the molecule is Cc1cc(Br)ccc1Cc1c(C(=O)COCC2CC2)cc2c(ncn2CCCN2CCCCC2)c1F. The van der Waals surface area contributed by atoms with Gasteiger partial charge in [0.15, 0.2) is 11.6 Å². The van der Waals surface area contributed by atoms with Crippen molar-refractivity contribution < 1.29 is 13.9 Å². The first kappa shape index (κ1) is 25.6. The van der Waals surface area contributed by atoms with Gasteiger partial charge in [0, 0.05) is 28.6 Å². The van der Waals surface area contributed by atoms with Gasteiger partial charge in [0.2, 0.25) is 0 Å². The van der Waals surface area contributed by atoms with Crippen LogP contribution in [-0.4, -0.2) is 53.1 Å². The summed E-state index contributed by atoms with van der Waals surface area (Å²) in [4.78, 5) is 20.3. The van der Waals surface area contributed by atoms with Crippen LogP contribution < -0.4 is 0 Å². The number of carbonyl (C=O) groups excluding carboxylic acids is 1. The standard InChI is InChI=1S/C29H35BrFN3O2/c1-20-14-23(30)9-8-22(20)15-25-24(27(35)18-36-17-21-6-7-21)16-26-29(28(25)31)32-19-34(26)13-5-12-33-10-3-2-4-11-33/h8-9,14,16,19,21H,2-7,10-13,15,17-18H2,1H3. The van der Waals surface area contributed by atoms with Crippen molar-refractivity contribution in [2.24, 2.45) is 5.92 Å². The highest BCUT2D eigenvalue weighted by Gasteiger charge is 2.25. The number of likely N-dealkylation sites (tertiary alicyclic amines) is 1. The lowest BCUT2D eigenvalue weighted by molar-refractivity contribution is 0.0738. The van der Waals surface area contributed by atoms with Crippen molar-refractivity contribution in [2.75, 3.05) is 32.8 Å². The van der Waals surface area contributed by atoms with Crippen LogP contribution in [0, 0.1) is 18.7 Å². The summed E-state index contributed by atoms with van der Waals surface area (Å²) in [6, 6.07) is 7.80. The highest BCUT2D eigenvalue weighted by Crippen LogP contribution is 2.30. The van der Waals surface area contributed by atoms with E-state index in [1.54, 1.807) is 6.33 Å². The summed E-state index contributed by atoms with van der Waals surface area (Å²) in [6.07, 6.45) is 9.23. The zero-order valence-corrected chi connectivity index (χ0v) is 22.7. The van der Waals surface area contributed by atoms with Crippen molar-refractivity contribution in [3.8, 4) is 0 Å². The zero-order valence-electron chi connectivity index (χ0n) is 21.1. The number of hydrogen-bond donors (Lipinski definition) is 0. The Labute approximate surface area is 221 Å². The topological polar surface area (TPSA) is 47.4 Å². The van der Waals surface area contributed by atoms with Gasteiger partial charge >= 0.3 is 0 Å². The number of halogens is 2. The monoisotopic (exact) mass is 555 g/mol. The minimum atomic E-state index is -0.393. The maximum absolute atomic E-state index is 16.0. The fraction of sp³-hybridized carbons (Fsp3) is 0.517. The molecule has 0 atom stereocenters. The van der Waals surface area contributed by atoms with E-state index in [1.807, 2.05) is 35.8 Å². The molecule has 5 nitrogen and oxygen atoms in total. The number of aromatic nitrogens is 2. The van der Waals surface area contributed by atoms with Crippen LogP contribution in [0.4, 0.5) is 4.39 Å². The first-order valence-corrected chi connectivity index (χ1v) is 14.0. The van der Waals surface area contributed by atoms with Gasteiger partial charge in [0.05, 0.1) is 18.5 Å². The molecule has 7 heteroatoms. The second-order valence-corrected chi connectivity index (χ2v) is 11.3. The third-order valence-electron chi connectivity index (χ3n) is 7.54. The number of fused-ring (bicyclic) bond motifs is 1. The van der Waals surface area contributed by atoms with Gasteiger partial charge in [-0.2, -0.15) is 0 Å². The van der Waals surface area contributed by atoms with Gasteiger partial charge in [-0.1, -0.05) is 28.4 Å². The van der Waals surface area contributed by atoms with Crippen molar-refractivity contribution in [1.82, 2.24) is 14.5 Å². The Balaban J connectivity index is 1.42. The van der Waals surface area contributed by atoms with E-state index in [9.17, 15) is 4.79 Å². The highest BCUT2D eigenvalue weighted by atomic mass is 79.9. The number of imidazole rings is 1. The predicted molar refractivity (Wildman–Crippen MR) is 144 cm³/mol. The number of nitrogens with zero attached hydrogens (tertiary/aromatic N) is 3. The van der Waals surface area contributed by atoms with E-state index < -0.39 is 5.82 Å². The van der Waals surface area contributed by atoms with Crippen LogP contribution >= 0.6 is 15.9 Å². The van der Waals surface area contributed by atoms with Crippen LogP contribution in [0.15, 0.2) is 35.1 Å². The third kappa shape index (κ3) is 6.06. The Morgan fingerprint density at radius 3 is 2.72 bits per heavy atom. The number of ketones is 1. The Hall–Kier alpha value is -2.09. The normalized spacial score (nSPS) is 16.6.